The Morgan fingerprint density at radius 1 is 1.29 bits per heavy atom. The molecule has 1 rings (SSSR count). The summed E-state index contributed by atoms with van der Waals surface area (Å²) >= 11 is 5.61. The summed E-state index contributed by atoms with van der Waals surface area (Å²) in [5.74, 6) is 0. The van der Waals surface area contributed by atoms with E-state index in [0.717, 1.165) is 11.6 Å². The SMILES string of the molecule is C=C(C=C(C)C)c1ccc(C(F)(F)F)c(Cl)c1. The lowest BCUT2D eigenvalue weighted by molar-refractivity contribution is -0.137. The molecule has 0 fully saturated rings. The first-order valence-corrected chi connectivity index (χ1v) is 5.30. The Bertz CT molecular complexity index is 466. The van der Waals surface area contributed by atoms with E-state index >= 15 is 0 Å². The Morgan fingerprint density at radius 2 is 1.88 bits per heavy atom. The van der Waals surface area contributed by atoms with Crippen LogP contribution >= 0.6 is 11.6 Å². The van der Waals surface area contributed by atoms with Crippen LogP contribution in [0.25, 0.3) is 5.57 Å². The second-order valence-electron chi connectivity index (χ2n) is 3.94. The van der Waals surface area contributed by atoms with E-state index in [9.17, 15) is 13.2 Å². The largest absolute Gasteiger partial charge is 0.417 e. The smallest absolute Gasteiger partial charge is 0.166 e. The van der Waals surface area contributed by atoms with Gasteiger partial charge in [-0.3, -0.25) is 0 Å². The number of benzene rings is 1. The summed E-state index contributed by atoms with van der Waals surface area (Å²) in [4.78, 5) is 0. The van der Waals surface area contributed by atoms with Gasteiger partial charge in [0, 0.05) is 0 Å². The number of alkyl halides is 3. The van der Waals surface area contributed by atoms with Gasteiger partial charge >= 0.3 is 6.18 Å². The summed E-state index contributed by atoms with van der Waals surface area (Å²) < 4.78 is 37.4. The average Bonchev–Trinajstić information content (AvgIpc) is 2.14. The van der Waals surface area contributed by atoms with E-state index in [4.69, 9.17) is 11.6 Å². The molecule has 0 heterocycles. The zero-order valence-corrected chi connectivity index (χ0v) is 10.3. The van der Waals surface area contributed by atoms with Crippen LogP contribution in [0.1, 0.15) is 25.0 Å². The van der Waals surface area contributed by atoms with Crippen LogP contribution in [0.4, 0.5) is 13.2 Å². The van der Waals surface area contributed by atoms with Crippen molar-refractivity contribution in [2.24, 2.45) is 0 Å². The van der Waals surface area contributed by atoms with Crippen molar-refractivity contribution in [1.29, 1.82) is 0 Å². The van der Waals surface area contributed by atoms with E-state index < -0.39 is 11.7 Å². The third kappa shape index (κ3) is 3.63. The van der Waals surface area contributed by atoms with Gasteiger partial charge in [0.15, 0.2) is 0 Å². The second kappa shape index (κ2) is 4.96. The highest BCUT2D eigenvalue weighted by atomic mass is 35.5. The number of allylic oxidation sites excluding steroid dienone is 3. The van der Waals surface area contributed by atoms with Crippen LogP contribution in [0, 0.1) is 0 Å². The van der Waals surface area contributed by atoms with Crippen LogP contribution in [0.15, 0.2) is 36.4 Å². The van der Waals surface area contributed by atoms with Crippen molar-refractivity contribution in [3.05, 3.63) is 52.6 Å². The van der Waals surface area contributed by atoms with Crippen LogP contribution in [0.2, 0.25) is 5.02 Å². The molecule has 0 aliphatic carbocycles. The molecule has 1 aromatic rings. The first-order chi connectivity index (χ1) is 7.71. The molecule has 0 amide bonds. The highest BCUT2D eigenvalue weighted by molar-refractivity contribution is 6.31. The molecule has 0 bridgehead atoms. The maximum absolute atomic E-state index is 12.5. The predicted octanol–water partition coefficient (Wildman–Crippen LogP) is 5.34. The van der Waals surface area contributed by atoms with Gasteiger partial charge in [-0.1, -0.05) is 35.9 Å². The topological polar surface area (TPSA) is 0 Å². The lowest BCUT2D eigenvalue weighted by Crippen LogP contribution is -2.05. The molecule has 0 spiro atoms. The standard InChI is InChI=1S/C13H12ClF3/c1-8(2)6-9(3)10-4-5-11(12(14)7-10)13(15,16)17/h4-7H,3H2,1-2H3. The maximum Gasteiger partial charge on any atom is 0.417 e. The van der Waals surface area contributed by atoms with Crippen molar-refractivity contribution < 1.29 is 13.2 Å². The number of hydrogen-bond donors (Lipinski definition) is 0. The molecule has 17 heavy (non-hydrogen) atoms. The van der Waals surface area contributed by atoms with Crippen molar-refractivity contribution in [3.63, 3.8) is 0 Å². The first-order valence-electron chi connectivity index (χ1n) is 4.92. The van der Waals surface area contributed by atoms with E-state index in [1.165, 1.54) is 12.1 Å². The third-order valence-electron chi connectivity index (χ3n) is 2.11. The molecule has 0 nitrogen and oxygen atoms in total. The van der Waals surface area contributed by atoms with E-state index in [0.29, 0.717) is 11.1 Å². The van der Waals surface area contributed by atoms with Crippen LogP contribution in [-0.4, -0.2) is 0 Å². The van der Waals surface area contributed by atoms with Gasteiger partial charge in [-0.05, 0) is 37.1 Å². The number of hydrogen-bond acceptors (Lipinski definition) is 0. The summed E-state index contributed by atoms with van der Waals surface area (Å²) in [5, 5.41) is -0.307. The van der Waals surface area contributed by atoms with Gasteiger partial charge in [-0.2, -0.15) is 13.2 Å². The minimum atomic E-state index is -4.42. The van der Waals surface area contributed by atoms with Gasteiger partial charge < -0.3 is 0 Å². The van der Waals surface area contributed by atoms with Crippen LogP contribution < -0.4 is 0 Å². The second-order valence-corrected chi connectivity index (χ2v) is 4.35. The quantitative estimate of drug-likeness (QED) is 0.630. The molecule has 1 aromatic carbocycles. The Balaban J connectivity index is 3.14. The fraction of sp³-hybridized carbons (Fsp3) is 0.231. The summed E-state index contributed by atoms with van der Waals surface area (Å²) in [6, 6.07) is 3.63. The minimum Gasteiger partial charge on any atom is -0.166 e. The van der Waals surface area contributed by atoms with E-state index in [1.54, 1.807) is 6.08 Å². The van der Waals surface area contributed by atoms with Crippen LogP contribution in [-0.2, 0) is 6.18 Å². The zero-order valence-electron chi connectivity index (χ0n) is 9.53. The zero-order chi connectivity index (χ0) is 13.2. The highest BCUT2D eigenvalue weighted by Gasteiger charge is 2.32. The molecular weight excluding hydrogens is 249 g/mol. The van der Waals surface area contributed by atoms with Gasteiger partial charge in [-0.25, -0.2) is 0 Å². The first kappa shape index (κ1) is 13.8. The van der Waals surface area contributed by atoms with Crippen LogP contribution in [0.3, 0.4) is 0 Å². The van der Waals surface area contributed by atoms with Crippen molar-refractivity contribution >= 4 is 17.2 Å². The van der Waals surface area contributed by atoms with Crippen molar-refractivity contribution in [2.45, 2.75) is 20.0 Å². The molecular formula is C13H12ClF3. The Kier molecular flexibility index (Phi) is 4.04. The molecule has 0 radical (unpaired) electrons. The van der Waals surface area contributed by atoms with Gasteiger partial charge in [0.2, 0.25) is 0 Å². The highest BCUT2D eigenvalue weighted by Crippen LogP contribution is 2.35. The molecule has 0 saturated carbocycles. The average molecular weight is 261 g/mol. The molecule has 4 heteroatoms. The molecule has 0 N–H and O–H groups in total. The lowest BCUT2D eigenvalue weighted by Gasteiger charge is -2.10. The van der Waals surface area contributed by atoms with Crippen LogP contribution in [0.5, 0.6) is 0 Å². The molecule has 92 valence electrons. The van der Waals surface area contributed by atoms with Crippen molar-refractivity contribution in [1.82, 2.24) is 0 Å². The maximum atomic E-state index is 12.5. The monoisotopic (exact) mass is 260 g/mol. The lowest BCUT2D eigenvalue weighted by atomic mass is 10.0. The predicted molar refractivity (Wildman–Crippen MR) is 64.9 cm³/mol. The fourth-order valence-electron chi connectivity index (χ4n) is 1.38. The third-order valence-corrected chi connectivity index (χ3v) is 2.42. The van der Waals surface area contributed by atoms with Gasteiger partial charge in [0.05, 0.1) is 10.6 Å². The normalized spacial score (nSPS) is 11.2. The minimum absolute atomic E-state index is 0.307. The molecule has 0 unspecified atom stereocenters. The molecule has 0 saturated heterocycles. The molecule has 0 aromatic heterocycles. The Labute approximate surface area is 103 Å². The molecule has 0 aliphatic rings. The molecule has 0 atom stereocenters. The van der Waals surface area contributed by atoms with Crippen molar-refractivity contribution in [2.75, 3.05) is 0 Å². The van der Waals surface area contributed by atoms with Gasteiger partial charge in [-0.15, -0.1) is 0 Å². The number of halogens is 4. The Hall–Kier alpha value is -1.22. The van der Waals surface area contributed by atoms with E-state index in [1.807, 2.05) is 13.8 Å². The Morgan fingerprint density at radius 3 is 2.29 bits per heavy atom. The van der Waals surface area contributed by atoms with E-state index in [-0.39, 0.29) is 5.02 Å². The summed E-state index contributed by atoms with van der Waals surface area (Å²) in [5.41, 5.74) is 1.42. The molecule has 0 aliphatic heterocycles. The fourth-order valence-corrected chi connectivity index (χ4v) is 1.66. The summed E-state index contributed by atoms with van der Waals surface area (Å²) in [6.07, 6.45) is -2.63. The number of rotatable bonds is 2. The van der Waals surface area contributed by atoms with Gasteiger partial charge in [0.25, 0.3) is 0 Å². The van der Waals surface area contributed by atoms with E-state index in [2.05, 4.69) is 6.58 Å². The van der Waals surface area contributed by atoms with Gasteiger partial charge in [0.1, 0.15) is 0 Å². The summed E-state index contributed by atoms with van der Waals surface area (Å²) in [6.45, 7) is 7.55. The summed E-state index contributed by atoms with van der Waals surface area (Å²) in [7, 11) is 0. The van der Waals surface area contributed by atoms with Crippen molar-refractivity contribution in [3.8, 4) is 0 Å².